The van der Waals surface area contributed by atoms with Gasteiger partial charge in [-0.05, 0) is 42.3 Å². The Kier molecular flexibility index (Phi) is 5.21. The zero-order valence-electron chi connectivity index (χ0n) is 15.3. The van der Waals surface area contributed by atoms with Gasteiger partial charge in [-0.25, -0.2) is 4.79 Å². The van der Waals surface area contributed by atoms with Gasteiger partial charge < -0.3 is 15.2 Å². The van der Waals surface area contributed by atoms with Crippen molar-refractivity contribution in [3.63, 3.8) is 0 Å². The van der Waals surface area contributed by atoms with Crippen LogP contribution in [-0.4, -0.2) is 48.0 Å². The highest BCUT2D eigenvalue weighted by Gasteiger charge is 2.30. The van der Waals surface area contributed by atoms with Gasteiger partial charge in [0.2, 0.25) is 5.91 Å². The lowest BCUT2D eigenvalue weighted by molar-refractivity contribution is -0.121. The van der Waals surface area contributed by atoms with Crippen LogP contribution in [0, 0.1) is 0 Å². The number of carbonyl (C=O) groups is 2. The Hall–Kier alpha value is -2.99. The summed E-state index contributed by atoms with van der Waals surface area (Å²) in [6, 6.07) is 15.1. The highest BCUT2D eigenvalue weighted by molar-refractivity contribution is 6.30. The monoisotopic (exact) mass is 396 g/mol. The highest BCUT2D eigenvalue weighted by Crippen LogP contribution is 2.22. The van der Waals surface area contributed by atoms with Crippen LogP contribution in [0.5, 0.6) is 0 Å². The molecule has 1 aliphatic rings. The molecule has 2 N–H and O–H groups in total. The van der Waals surface area contributed by atoms with Gasteiger partial charge in [-0.2, -0.15) is 0 Å². The molecule has 1 aliphatic heterocycles. The summed E-state index contributed by atoms with van der Waals surface area (Å²) in [5.74, 6) is -0.147. The molecule has 0 atom stereocenters. The number of H-pyrrole nitrogens is 1. The number of hydrogen-bond acceptors (Lipinski definition) is 2. The van der Waals surface area contributed by atoms with Crippen molar-refractivity contribution in [2.45, 2.75) is 6.42 Å². The van der Waals surface area contributed by atoms with Crippen LogP contribution in [0.15, 0.2) is 54.7 Å². The van der Waals surface area contributed by atoms with E-state index in [-0.39, 0.29) is 18.5 Å². The van der Waals surface area contributed by atoms with E-state index in [1.54, 1.807) is 21.9 Å². The Labute approximate surface area is 168 Å². The van der Waals surface area contributed by atoms with E-state index in [4.69, 9.17) is 11.6 Å². The van der Waals surface area contributed by atoms with Crippen LogP contribution in [0.25, 0.3) is 10.9 Å². The number of hydrogen-bond donors (Lipinski definition) is 2. The van der Waals surface area contributed by atoms with Gasteiger partial charge in [0.25, 0.3) is 0 Å². The fourth-order valence-electron chi connectivity index (χ4n) is 3.49. The smallest absolute Gasteiger partial charge is 0.325 e. The number of nitrogens with one attached hydrogen (secondary N) is 2. The number of urea groups is 1. The second kappa shape index (κ2) is 7.94. The molecule has 2 aromatic carbocycles. The molecular formula is C21H21ClN4O2. The molecule has 0 unspecified atom stereocenters. The second-order valence-electron chi connectivity index (χ2n) is 6.79. The normalized spacial score (nSPS) is 14.1. The van der Waals surface area contributed by atoms with Crippen LogP contribution in [0.2, 0.25) is 5.02 Å². The van der Waals surface area contributed by atoms with E-state index in [0.717, 1.165) is 17.6 Å². The number of rotatable bonds is 6. The predicted octanol–water partition coefficient (Wildman–Crippen LogP) is 3.42. The van der Waals surface area contributed by atoms with Crippen molar-refractivity contribution in [3.8, 4) is 0 Å². The first-order chi connectivity index (χ1) is 13.6. The Morgan fingerprint density at radius 1 is 1.11 bits per heavy atom. The maximum absolute atomic E-state index is 12.6. The molecule has 1 saturated heterocycles. The molecule has 0 bridgehead atoms. The van der Waals surface area contributed by atoms with Gasteiger partial charge in [0.1, 0.15) is 6.54 Å². The lowest BCUT2D eigenvalue weighted by Crippen LogP contribution is -2.40. The second-order valence-corrected chi connectivity index (χ2v) is 7.23. The van der Waals surface area contributed by atoms with Crippen molar-refractivity contribution in [1.82, 2.24) is 15.2 Å². The number of nitrogens with zero attached hydrogens (tertiary/aromatic N) is 2. The molecule has 7 heteroatoms. The van der Waals surface area contributed by atoms with Gasteiger partial charge in [0.05, 0.1) is 0 Å². The zero-order valence-corrected chi connectivity index (χ0v) is 16.1. The summed E-state index contributed by atoms with van der Waals surface area (Å²) in [6.45, 7) is 1.68. The summed E-state index contributed by atoms with van der Waals surface area (Å²) >= 11 is 5.90. The third-order valence-corrected chi connectivity index (χ3v) is 5.21. The molecule has 0 radical (unpaired) electrons. The SMILES string of the molecule is O=C(CN1CCN(c2ccc(Cl)cc2)C1=O)NCCc1c[nH]c2ccccc12. The van der Waals surface area contributed by atoms with Gasteiger partial charge in [-0.15, -0.1) is 0 Å². The first-order valence-corrected chi connectivity index (χ1v) is 9.63. The van der Waals surface area contributed by atoms with Crippen LogP contribution in [0.3, 0.4) is 0 Å². The van der Waals surface area contributed by atoms with E-state index >= 15 is 0 Å². The summed E-state index contributed by atoms with van der Waals surface area (Å²) < 4.78 is 0. The molecule has 1 aromatic heterocycles. The van der Waals surface area contributed by atoms with Crippen LogP contribution in [0.4, 0.5) is 10.5 Å². The predicted molar refractivity (Wildman–Crippen MR) is 111 cm³/mol. The number of fused-ring (bicyclic) bond motifs is 1. The molecule has 0 aliphatic carbocycles. The van der Waals surface area contributed by atoms with Gasteiger partial charge in [-0.1, -0.05) is 29.8 Å². The highest BCUT2D eigenvalue weighted by atomic mass is 35.5. The molecule has 0 spiro atoms. The van der Waals surface area contributed by atoms with Gasteiger partial charge in [0, 0.05) is 47.4 Å². The number of carbonyl (C=O) groups excluding carboxylic acids is 2. The van der Waals surface area contributed by atoms with E-state index in [9.17, 15) is 9.59 Å². The molecular weight excluding hydrogens is 376 g/mol. The van der Waals surface area contributed by atoms with Crippen LogP contribution < -0.4 is 10.2 Å². The lowest BCUT2D eigenvalue weighted by Gasteiger charge is -2.18. The van der Waals surface area contributed by atoms with Gasteiger partial charge in [-0.3, -0.25) is 9.69 Å². The van der Waals surface area contributed by atoms with Gasteiger partial charge >= 0.3 is 6.03 Å². The fraction of sp³-hybridized carbons (Fsp3) is 0.238. The minimum Gasteiger partial charge on any atom is -0.361 e. The Bertz CT molecular complexity index is 999. The number of aromatic amines is 1. The maximum Gasteiger partial charge on any atom is 0.325 e. The molecule has 3 amide bonds. The summed E-state index contributed by atoms with van der Waals surface area (Å²) in [5.41, 5.74) is 3.05. The summed E-state index contributed by atoms with van der Waals surface area (Å²) in [5, 5.41) is 4.71. The van der Waals surface area contributed by atoms with E-state index < -0.39 is 0 Å². The number of benzene rings is 2. The molecule has 4 rings (SSSR count). The Morgan fingerprint density at radius 3 is 2.71 bits per heavy atom. The molecule has 144 valence electrons. The summed E-state index contributed by atoms with van der Waals surface area (Å²) in [6.07, 6.45) is 2.71. The van der Waals surface area contributed by atoms with Crippen molar-refractivity contribution in [2.24, 2.45) is 0 Å². The molecule has 0 saturated carbocycles. The third-order valence-electron chi connectivity index (χ3n) is 4.96. The topological polar surface area (TPSA) is 68.4 Å². The van der Waals surface area contributed by atoms with E-state index in [0.29, 0.717) is 24.7 Å². The number of aromatic nitrogens is 1. The molecule has 1 fully saturated rings. The average molecular weight is 397 g/mol. The Morgan fingerprint density at radius 2 is 1.89 bits per heavy atom. The van der Waals surface area contributed by atoms with Crippen LogP contribution in [-0.2, 0) is 11.2 Å². The lowest BCUT2D eigenvalue weighted by atomic mass is 10.1. The van der Waals surface area contributed by atoms with Crippen molar-refractivity contribution in [2.75, 3.05) is 31.1 Å². The first-order valence-electron chi connectivity index (χ1n) is 9.25. The summed E-state index contributed by atoms with van der Waals surface area (Å²) in [7, 11) is 0. The number of amides is 3. The van der Waals surface area contributed by atoms with E-state index in [2.05, 4.69) is 16.4 Å². The van der Waals surface area contributed by atoms with Crippen molar-refractivity contribution < 1.29 is 9.59 Å². The molecule has 3 aromatic rings. The summed E-state index contributed by atoms with van der Waals surface area (Å²) in [4.78, 5) is 31.3. The first kappa shape index (κ1) is 18.4. The van der Waals surface area contributed by atoms with Crippen LogP contribution in [0.1, 0.15) is 5.56 Å². The Balaban J connectivity index is 1.28. The minimum absolute atomic E-state index is 0.0663. The zero-order chi connectivity index (χ0) is 19.5. The third kappa shape index (κ3) is 3.82. The quantitative estimate of drug-likeness (QED) is 0.670. The number of anilines is 1. The fourth-order valence-corrected chi connectivity index (χ4v) is 3.62. The van der Waals surface area contributed by atoms with Crippen molar-refractivity contribution in [1.29, 1.82) is 0 Å². The molecule has 2 heterocycles. The van der Waals surface area contributed by atoms with Crippen molar-refractivity contribution >= 4 is 40.1 Å². The van der Waals surface area contributed by atoms with E-state index in [1.165, 1.54) is 10.9 Å². The number of para-hydroxylation sites is 1. The largest absolute Gasteiger partial charge is 0.361 e. The van der Waals surface area contributed by atoms with Gasteiger partial charge in [0.15, 0.2) is 0 Å². The number of halogens is 1. The molecule has 6 nitrogen and oxygen atoms in total. The molecule has 28 heavy (non-hydrogen) atoms. The average Bonchev–Trinajstić information content (AvgIpc) is 3.27. The van der Waals surface area contributed by atoms with E-state index in [1.807, 2.05) is 36.5 Å². The van der Waals surface area contributed by atoms with Crippen molar-refractivity contribution in [3.05, 3.63) is 65.3 Å². The standard InChI is InChI=1S/C21H21ClN4O2/c22-16-5-7-17(8-6-16)26-12-11-25(21(26)28)14-20(27)23-10-9-15-13-24-19-4-2-1-3-18(15)19/h1-8,13,24H,9-12,14H2,(H,23,27). The minimum atomic E-state index is -0.158. The maximum atomic E-state index is 12.6. The van der Waals surface area contributed by atoms with Crippen LogP contribution >= 0.6 is 11.6 Å².